The molecule has 0 radical (unpaired) electrons. The van der Waals surface area contributed by atoms with Crippen LogP contribution in [0.25, 0.3) is 5.76 Å². The maximum absolute atomic E-state index is 13.0. The van der Waals surface area contributed by atoms with Gasteiger partial charge < -0.3 is 10.0 Å². The van der Waals surface area contributed by atoms with Crippen molar-refractivity contribution in [2.45, 2.75) is 19.4 Å². The summed E-state index contributed by atoms with van der Waals surface area (Å²) >= 11 is 5.96. The summed E-state index contributed by atoms with van der Waals surface area (Å²) in [7, 11) is 0. The van der Waals surface area contributed by atoms with Crippen LogP contribution in [0.15, 0.2) is 84.4 Å². The van der Waals surface area contributed by atoms with Gasteiger partial charge in [0.25, 0.3) is 11.7 Å². The van der Waals surface area contributed by atoms with Crippen LogP contribution in [0.1, 0.15) is 28.3 Å². The Balaban J connectivity index is 1.78. The summed E-state index contributed by atoms with van der Waals surface area (Å²) in [5.41, 5.74) is 3.48. The molecule has 5 heteroatoms. The fourth-order valence-electron chi connectivity index (χ4n) is 3.86. The van der Waals surface area contributed by atoms with Crippen LogP contribution in [-0.4, -0.2) is 28.2 Å². The summed E-state index contributed by atoms with van der Waals surface area (Å²) in [4.78, 5) is 27.6. The molecular formula is C26H22ClNO3. The second kappa shape index (κ2) is 8.78. The third kappa shape index (κ3) is 4.25. The van der Waals surface area contributed by atoms with Crippen LogP contribution in [0, 0.1) is 6.92 Å². The van der Waals surface area contributed by atoms with Crippen LogP contribution >= 0.6 is 11.6 Å². The number of aryl methyl sites for hydroxylation is 1. The molecule has 0 aliphatic carbocycles. The van der Waals surface area contributed by atoms with Crippen molar-refractivity contribution in [1.82, 2.24) is 4.90 Å². The maximum Gasteiger partial charge on any atom is 0.295 e. The molecule has 0 bridgehead atoms. The van der Waals surface area contributed by atoms with Crippen molar-refractivity contribution in [3.63, 3.8) is 0 Å². The summed E-state index contributed by atoms with van der Waals surface area (Å²) in [6.07, 6.45) is 0.608. The van der Waals surface area contributed by atoms with Gasteiger partial charge in [0.05, 0.1) is 11.6 Å². The Morgan fingerprint density at radius 3 is 2.23 bits per heavy atom. The van der Waals surface area contributed by atoms with E-state index in [0.717, 1.165) is 16.7 Å². The molecular weight excluding hydrogens is 410 g/mol. The zero-order valence-electron chi connectivity index (χ0n) is 17.1. The van der Waals surface area contributed by atoms with Gasteiger partial charge in [0.2, 0.25) is 0 Å². The number of carbonyl (C=O) groups excluding carboxylic acids is 2. The number of hydrogen-bond donors (Lipinski definition) is 1. The third-order valence-electron chi connectivity index (χ3n) is 5.53. The molecule has 1 saturated heterocycles. The van der Waals surface area contributed by atoms with E-state index in [1.807, 2.05) is 61.5 Å². The number of benzene rings is 3. The lowest BCUT2D eigenvalue weighted by atomic mass is 9.94. The minimum atomic E-state index is -0.675. The number of hydrogen-bond acceptors (Lipinski definition) is 3. The topological polar surface area (TPSA) is 57.6 Å². The van der Waals surface area contributed by atoms with E-state index in [0.29, 0.717) is 23.6 Å². The number of amides is 1. The van der Waals surface area contributed by atoms with Crippen LogP contribution < -0.4 is 0 Å². The summed E-state index contributed by atoms with van der Waals surface area (Å²) in [5.74, 6) is -1.47. The number of aliphatic hydroxyl groups excluding tert-OH is 1. The van der Waals surface area contributed by atoms with Crippen LogP contribution in [0.2, 0.25) is 5.02 Å². The van der Waals surface area contributed by atoms with Crippen LogP contribution in [0.4, 0.5) is 0 Å². The van der Waals surface area contributed by atoms with E-state index < -0.39 is 17.7 Å². The number of halogens is 1. The van der Waals surface area contributed by atoms with Gasteiger partial charge in [-0.1, -0.05) is 71.8 Å². The second-order valence-corrected chi connectivity index (χ2v) is 8.08. The highest BCUT2D eigenvalue weighted by Crippen LogP contribution is 2.39. The Morgan fingerprint density at radius 1 is 0.935 bits per heavy atom. The highest BCUT2D eigenvalue weighted by molar-refractivity contribution is 6.46. The normalized spacial score (nSPS) is 17.9. The van der Waals surface area contributed by atoms with Crippen molar-refractivity contribution in [1.29, 1.82) is 0 Å². The first kappa shape index (κ1) is 20.9. The van der Waals surface area contributed by atoms with Gasteiger partial charge in [-0.25, -0.2) is 0 Å². The molecule has 0 spiro atoms. The molecule has 1 amide bonds. The predicted octanol–water partition coefficient (Wildman–Crippen LogP) is 5.31. The zero-order valence-corrected chi connectivity index (χ0v) is 17.8. The standard InChI is InChI=1S/C26H22ClNO3/c1-17-7-9-19(10-8-17)23-22(24(29)20-11-13-21(27)14-12-20)25(30)26(31)28(23)16-15-18-5-3-2-4-6-18/h2-14,23,29H,15-16H2,1H3/b24-22+. The Hall–Kier alpha value is -3.37. The first-order chi connectivity index (χ1) is 15.0. The number of carbonyl (C=O) groups is 2. The molecule has 156 valence electrons. The Labute approximate surface area is 186 Å². The van der Waals surface area contributed by atoms with E-state index in [-0.39, 0.29) is 11.3 Å². The van der Waals surface area contributed by atoms with Gasteiger partial charge in [-0.15, -0.1) is 0 Å². The van der Waals surface area contributed by atoms with Gasteiger partial charge >= 0.3 is 0 Å². The fraction of sp³-hybridized carbons (Fsp3) is 0.154. The van der Waals surface area contributed by atoms with E-state index >= 15 is 0 Å². The number of aliphatic hydroxyl groups is 1. The summed E-state index contributed by atoms with van der Waals surface area (Å²) in [5, 5.41) is 11.5. The van der Waals surface area contributed by atoms with Crippen molar-refractivity contribution in [3.05, 3.63) is 112 Å². The average Bonchev–Trinajstić information content (AvgIpc) is 3.04. The smallest absolute Gasteiger partial charge is 0.295 e. The van der Waals surface area contributed by atoms with Gasteiger partial charge in [0, 0.05) is 17.1 Å². The minimum absolute atomic E-state index is 0.101. The lowest BCUT2D eigenvalue weighted by Gasteiger charge is -2.25. The van der Waals surface area contributed by atoms with E-state index in [1.54, 1.807) is 29.2 Å². The Morgan fingerprint density at radius 2 is 1.58 bits per heavy atom. The summed E-state index contributed by atoms with van der Waals surface area (Å²) < 4.78 is 0. The first-order valence-electron chi connectivity index (χ1n) is 10.1. The third-order valence-corrected chi connectivity index (χ3v) is 5.79. The monoisotopic (exact) mass is 431 g/mol. The highest BCUT2D eigenvalue weighted by Gasteiger charge is 2.45. The lowest BCUT2D eigenvalue weighted by Crippen LogP contribution is -2.31. The van der Waals surface area contributed by atoms with E-state index in [9.17, 15) is 14.7 Å². The molecule has 1 N–H and O–H groups in total. The second-order valence-electron chi connectivity index (χ2n) is 7.65. The molecule has 0 saturated carbocycles. The van der Waals surface area contributed by atoms with Gasteiger partial charge in [0.1, 0.15) is 5.76 Å². The maximum atomic E-state index is 13.0. The van der Waals surface area contributed by atoms with E-state index in [4.69, 9.17) is 11.6 Å². The molecule has 1 heterocycles. The van der Waals surface area contributed by atoms with Crippen molar-refractivity contribution in [2.24, 2.45) is 0 Å². The number of nitrogens with zero attached hydrogens (tertiary/aromatic N) is 1. The van der Waals surface area contributed by atoms with Crippen molar-refractivity contribution in [3.8, 4) is 0 Å². The molecule has 1 atom stereocenters. The molecule has 3 aromatic carbocycles. The summed E-state index contributed by atoms with van der Waals surface area (Å²) in [6.45, 7) is 2.34. The number of rotatable bonds is 5. The molecule has 3 aromatic rings. The Kier molecular flexibility index (Phi) is 5.92. The van der Waals surface area contributed by atoms with E-state index in [2.05, 4.69) is 0 Å². The number of ketones is 1. The van der Waals surface area contributed by atoms with E-state index in [1.165, 1.54) is 0 Å². The average molecular weight is 432 g/mol. The van der Waals surface area contributed by atoms with Crippen LogP contribution in [-0.2, 0) is 16.0 Å². The molecule has 1 unspecified atom stereocenters. The van der Waals surface area contributed by atoms with Gasteiger partial charge in [-0.3, -0.25) is 9.59 Å². The van der Waals surface area contributed by atoms with Crippen molar-refractivity contribution in [2.75, 3.05) is 6.54 Å². The van der Waals surface area contributed by atoms with Gasteiger partial charge in [-0.2, -0.15) is 0 Å². The molecule has 4 rings (SSSR count). The lowest BCUT2D eigenvalue weighted by molar-refractivity contribution is -0.139. The highest BCUT2D eigenvalue weighted by atomic mass is 35.5. The Bertz CT molecular complexity index is 1140. The zero-order chi connectivity index (χ0) is 22.0. The van der Waals surface area contributed by atoms with Gasteiger partial charge in [-0.05, 0) is 48.7 Å². The molecule has 1 aliphatic heterocycles. The minimum Gasteiger partial charge on any atom is -0.507 e. The molecule has 0 aromatic heterocycles. The predicted molar refractivity (Wildman–Crippen MR) is 122 cm³/mol. The molecule has 31 heavy (non-hydrogen) atoms. The first-order valence-corrected chi connectivity index (χ1v) is 10.5. The van der Waals surface area contributed by atoms with Crippen LogP contribution in [0.5, 0.6) is 0 Å². The van der Waals surface area contributed by atoms with Crippen LogP contribution in [0.3, 0.4) is 0 Å². The number of Topliss-reactive ketones (excluding diaryl/α,β-unsaturated/α-hetero) is 1. The van der Waals surface area contributed by atoms with Gasteiger partial charge in [0.15, 0.2) is 0 Å². The quantitative estimate of drug-likeness (QED) is 0.338. The summed E-state index contributed by atoms with van der Waals surface area (Å²) in [6, 6.07) is 23.4. The number of likely N-dealkylation sites (tertiary alicyclic amines) is 1. The SMILES string of the molecule is Cc1ccc(C2/C(=C(\O)c3ccc(Cl)cc3)C(=O)C(=O)N2CCc2ccccc2)cc1. The molecule has 1 aliphatic rings. The molecule has 1 fully saturated rings. The fourth-order valence-corrected chi connectivity index (χ4v) is 3.99. The van der Waals surface area contributed by atoms with Crippen molar-refractivity contribution >= 4 is 29.1 Å². The van der Waals surface area contributed by atoms with Crippen molar-refractivity contribution < 1.29 is 14.7 Å². The molecule has 4 nitrogen and oxygen atoms in total. The largest absolute Gasteiger partial charge is 0.507 e.